The number of pyridine rings is 1. The van der Waals surface area contributed by atoms with E-state index >= 15 is 0 Å². The zero-order chi connectivity index (χ0) is 20.2. The molecule has 0 N–H and O–H groups in total. The summed E-state index contributed by atoms with van der Waals surface area (Å²) in [7, 11) is 0. The Kier molecular flexibility index (Phi) is 4.23. The first-order valence-electron chi connectivity index (χ1n) is 9.78. The predicted octanol–water partition coefficient (Wildman–Crippen LogP) is 3.48. The fourth-order valence-electron chi connectivity index (χ4n) is 4.02. The number of fused-ring (bicyclic) bond motifs is 1. The Morgan fingerprint density at radius 2 is 1.90 bits per heavy atom. The van der Waals surface area contributed by atoms with E-state index in [1.807, 2.05) is 0 Å². The van der Waals surface area contributed by atoms with Gasteiger partial charge in [-0.25, -0.2) is 15.0 Å². The second-order valence-electron chi connectivity index (χ2n) is 7.80. The minimum Gasteiger partial charge on any atom is -0.336 e. The molecule has 0 spiro atoms. The van der Waals surface area contributed by atoms with E-state index < -0.39 is 11.7 Å². The Balaban J connectivity index is 1.47. The molecule has 1 atom stereocenters. The van der Waals surface area contributed by atoms with Crippen molar-refractivity contribution in [3.8, 4) is 11.4 Å². The van der Waals surface area contributed by atoms with Crippen LogP contribution in [0.2, 0.25) is 0 Å². The summed E-state index contributed by atoms with van der Waals surface area (Å²) in [5.74, 6) is 0.604. The summed E-state index contributed by atoms with van der Waals surface area (Å²) >= 11 is 0. The highest BCUT2D eigenvalue weighted by atomic mass is 19.4. The summed E-state index contributed by atoms with van der Waals surface area (Å²) in [5, 5.41) is 0. The van der Waals surface area contributed by atoms with Crippen LogP contribution in [0.4, 0.5) is 19.1 Å². The lowest BCUT2D eigenvalue weighted by atomic mass is 10.2. The van der Waals surface area contributed by atoms with E-state index in [9.17, 15) is 13.2 Å². The zero-order valence-electron chi connectivity index (χ0n) is 16.0. The second-order valence-corrected chi connectivity index (χ2v) is 7.80. The largest absolute Gasteiger partial charge is 0.417 e. The molecule has 0 amide bonds. The van der Waals surface area contributed by atoms with Gasteiger partial charge in [0.2, 0.25) is 5.95 Å². The molecule has 3 aromatic heterocycles. The first kappa shape index (κ1) is 18.4. The van der Waals surface area contributed by atoms with Crippen LogP contribution in [0.3, 0.4) is 0 Å². The Hall–Kier alpha value is -2.68. The third kappa shape index (κ3) is 3.43. The smallest absolute Gasteiger partial charge is 0.336 e. The van der Waals surface area contributed by atoms with Crippen LogP contribution < -0.4 is 4.90 Å². The van der Waals surface area contributed by atoms with Gasteiger partial charge >= 0.3 is 6.18 Å². The lowest BCUT2D eigenvalue weighted by Gasteiger charge is -2.40. The van der Waals surface area contributed by atoms with Crippen molar-refractivity contribution >= 4 is 11.6 Å². The van der Waals surface area contributed by atoms with Crippen molar-refractivity contribution < 1.29 is 13.2 Å². The first-order valence-corrected chi connectivity index (χ1v) is 9.78. The average Bonchev–Trinajstić information content (AvgIpc) is 3.46. The molecule has 1 aliphatic carbocycles. The number of halogens is 3. The fraction of sp³-hybridized carbons (Fsp3) is 0.450. The second kappa shape index (κ2) is 6.69. The van der Waals surface area contributed by atoms with Gasteiger partial charge in [0, 0.05) is 44.1 Å². The van der Waals surface area contributed by atoms with Gasteiger partial charge < -0.3 is 4.90 Å². The number of aromatic nitrogens is 4. The van der Waals surface area contributed by atoms with Gasteiger partial charge in [-0.15, -0.1) is 0 Å². The molecular weight excluding hydrogens is 381 g/mol. The third-order valence-electron chi connectivity index (χ3n) is 5.72. The minimum absolute atomic E-state index is 0.276. The number of anilines is 1. The van der Waals surface area contributed by atoms with Crippen molar-refractivity contribution in [2.75, 3.05) is 24.5 Å². The molecule has 1 saturated carbocycles. The molecular formula is C20H21F3N6. The summed E-state index contributed by atoms with van der Waals surface area (Å²) in [6, 6.07) is 5.12. The van der Waals surface area contributed by atoms with E-state index in [0.29, 0.717) is 23.0 Å². The van der Waals surface area contributed by atoms with Gasteiger partial charge in [-0.2, -0.15) is 13.2 Å². The van der Waals surface area contributed by atoms with E-state index in [4.69, 9.17) is 0 Å². The molecule has 1 saturated heterocycles. The van der Waals surface area contributed by atoms with Crippen molar-refractivity contribution in [1.29, 1.82) is 0 Å². The van der Waals surface area contributed by atoms with Crippen molar-refractivity contribution in [2.45, 2.75) is 38.0 Å². The quantitative estimate of drug-likeness (QED) is 0.671. The van der Waals surface area contributed by atoms with Crippen molar-refractivity contribution in [3.05, 3.63) is 42.4 Å². The maximum atomic E-state index is 13.1. The van der Waals surface area contributed by atoms with Gasteiger partial charge in [-0.3, -0.25) is 9.30 Å². The van der Waals surface area contributed by atoms with Gasteiger partial charge in [0.1, 0.15) is 5.65 Å². The van der Waals surface area contributed by atoms with Gasteiger partial charge in [0.15, 0.2) is 0 Å². The van der Waals surface area contributed by atoms with Crippen LogP contribution in [-0.2, 0) is 6.18 Å². The molecule has 2 fully saturated rings. The van der Waals surface area contributed by atoms with Gasteiger partial charge in [0.05, 0.1) is 23.1 Å². The maximum absolute atomic E-state index is 13.1. The molecule has 9 heteroatoms. The third-order valence-corrected chi connectivity index (χ3v) is 5.72. The molecule has 29 heavy (non-hydrogen) atoms. The van der Waals surface area contributed by atoms with Crippen molar-refractivity contribution in [3.63, 3.8) is 0 Å². The monoisotopic (exact) mass is 402 g/mol. The summed E-state index contributed by atoms with van der Waals surface area (Å²) in [4.78, 5) is 18.0. The lowest BCUT2D eigenvalue weighted by molar-refractivity contribution is -0.137. The van der Waals surface area contributed by atoms with E-state index in [2.05, 4.69) is 31.7 Å². The highest BCUT2D eigenvalue weighted by molar-refractivity contribution is 5.61. The normalized spacial score (nSPS) is 21.1. The van der Waals surface area contributed by atoms with Crippen LogP contribution in [-0.4, -0.2) is 56.0 Å². The predicted molar refractivity (Wildman–Crippen MR) is 103 cm³/mol. The zero-order valence-corrected chi connectivity index (χ0v) is 16.0. The Bertz CT molecular complexity index is 1040. The SMILES string of the molecule is C[C@@H]1CN(C2CC2)CCN1c1nccc(-c2cnc3ccc(C(F)(F)F)cn23)n1. The molecule has 152 valence electrons. The Morgan fingerprint density at radius 3 is 2.62 bits per heavy atom. The van der Waals surface area contributed by atoms with Crippen LogP contribution in [0.5, 0.6) is 0 Å². The van der Waals surface area contributed by atoms with Crippen LogP contribution in [0.1, 0.15) is 25.3 Å². The van der Waals surface area contributed by atoms with Gasteiger partial charge in [-0.1, -0.05) is 0 Å². The number of nitrogens with zero attached hydrogens (tertiary/aromatic N) is 6. The number of hydrogen-bond donors (Lipinski definition) is 0. The number of piperazine rings is 1. The topological polar surface area (TPSA) is 49.6 Å². The fourth-order valence-corrected chi connectivity index (χ4v) is 4.02. The molecule has 3 aromatic rings. The molecule has 0 aromatic carbocycles. The molecule has 0 bridgehead atoms. The molecule has 2 aliphatic rings. The van der Waals surface area contributed by atoms with Crippen LogP contribution in [0.15, 0.2) is 36.8 Å². The Morgan fingerprint density at radius 1 is 1.07 bits per heavy atom. The molecule has 5 rings (SSSR count). The lowest BCUT2D eigenvalue weighted by Crippen LogP contribution is -2.53. The van der Waals surface area contributed by atoms with Crippen molar-refractivity contribution in [2.24, 2.45) is 0 Å². The first-order chi connectivity index (χ1) is 13.9. The molecule has 0 unspecified atom stereocenters. The van der Waals surface area contributed by atoms with E-state index in [1.54, 1.807) is 18.5 Å². The Labute approximate surface area is 166 Å². The van der Waals surface area contributed by atoms with Crippen LogP contribution in [0, 0.1) is 0 Å². The van der Waals surface area contributed by atoms with Crippen LogP contribution >= 0.6 is 0 Å². The summed E-state index contributed by atoms with van der Waals surface area (Å²) < 4.78 is 40.8. The minimum atomic E-state index is -4.41. The van der Waals surface area contributed by atoms with Gasteiger partial charge in [-0.05, 0) is 38.0 Å². The highest BCUT2D eigenvalue weighted by Crippen LogP contribution is 2.32. The molecule has 0 radical (unpaired) electrons. The number of alkyl halides is 3. The van der Waals surface area contributed by atoms with E-state index in [-0.39, 0.29) is 6.04 Å². The summed E-state index contributed by atoms with van der Waals surface area (Å²) in [5.41, 5.74) is 0.792. The summed E-state index contributed by atoms with van der Waals surface area (Å²) in [6.07, 6.45) is 2.43. The molecule has 6 nitrogen and oxygen atoms in total. The summed E-state index contributed by atoms with van der Waals surface area (Å²) in [6.45, 7) is 4.96. The average molecular weight is 402 g/mol. The van der Waals surface area contributed by atoms with E-state index in [0.717, 1.165) is 37.9 Å². The van der Waals surface area contributed by atoms with Crippen LogP contribution in [0.25, 0.3) is 17.0 Å². The number of hydrogen-bond acceptors (Lipinski definition) is 5. The number of rotatable bonds is 3. The standard InChI is InChI=1S/C20H21F3N6/c1-13-11-27(15-3-4-15)8-9-28(13)19-24-7-6-16(26-19)17-10-25-18-5-2-14(12-29(17)18)20(21,22)23/h2,5-7,10,12-13,15H,3-4,8-9,11H2,1H3/t13-/m1/s1. The maximum Gasteiger partial charge on any atom is 0.417 e. The molecule has 4 heterocycles. The van der Waals surface area contributed by atoms with E-state index in [1.165, 1.54) is 23.3 Å². The van der Waals surface area contributed by atoms with Gasteiger partial charge in [0.25, 0.3) is 0 Å². The molecule has 1 aliphatic heterocycles. The van der Waals surface area contributed by atoms with Crippen molar-refractivity contribution in [1.82, 2.24) is 24.3 Å². The number of imidazole rings is 1. The highest BCUT2D eigenvalue weighted by Gasteiger charge is 2.35.